The molecule has 222 valence electrons. The maximum absolute atomic E-state index is 12.1. The summed E-state index contributed by atoms with van der Waals surface area (Å²) in [5.41, 5.74) is 0. The number of esters is 2. The Morgan fingerprint density at radius 2 is 1.05 bits per heavy atom. The Balaban J connectivity index is 3.58. The van der Waals surface area contributed by atoms with Crippen molar-refractivity contribution in [1.29, 1.82) is 0 Å². The van der Waals surface area contributed by atoms with E-state index in [0.29, 0.717) is 12.8 Å². The Labute approximate surface area is 234 Å². The van der Waals surface area contributed by atoms with E-state index in [1.54, 1.807) is 0 Å². The minimum atomic E-state index is -0.767. The van der Waals surface area contributed by atoms with Crippen LogP contribution in [0.25, 0.3) is 0 Å². The molecule has 5 nitrogen and oxygen atoms in total. The number of ether oxygens (including phenoxy) is 2. The summed E-state index contributed by atoms with van der Waals surface area (Å²) in [7, 11) is 0. The summed E-state index contributed by atoms with van der Waals surface area (Å²) in [4.78, 5) is 23.9. The molecular formula is C33H60O5. The van der Waals surface area contributed by atoms with Crippen LogP contribution in [0.5, 0.6) is 0 Å². The summed E-state index contributed by atoms with van der Waals surface area (Å²) in [6.07, 6.45) is 32.4. The predicted octanol–water partition coefficient (Wildman–Crippen LogP) is 9.17. The molecule has 0 aliphatic heterocycles. The van der Waals surface area contributed by atoms with E-state index in [0.717, 1.165) is 51.4 Å². The quantitative estimate of drug-likeness (QED) is 0.0613. The first kappa shape index (κ1) is 36.4. The van der Waals surface area contributed by atoms with Crippen molar-refractivity contribution in [3.05, 3.63) is 24.3 Å². The number of aliphatic hydroxyl groups excluding tert-OH is 1. The maximum atomic E-state index is 12.1. The van der Waals surface area contributed by atoms with Gasteiger partial charge in [-0.3, -0.25) is 9.59 Å². The number of unbranched alkanes of at least 4 members (excludes halogenated alkanes) is 16. The van der Waals surface area contributed by atoms with Crippen LogP contribution in [0.2, 0.25) is 0 Å². The van der Waals surface area contributed by atoms with Crippen LogP contribution in [0.3, 0.4) is 0 Å². The fourth-order valence-electron chi connectivity index (χ4n) is 4.29. The Kier molecular flexibility index (Phi) is 28.7. The number of rotatable bonds is 28. The lowest BCUT2D eigenvalue weighted by atomic mass is 10.1. The van der Waals surface area contributed by atoms with E-state index in [-0.39, 0.29) is 25.2 Å². The van der Waals surface area contributed by atoms with E-state index in [1.807, 2.05) is 0 Å². The Morgan fingerprint density at radius 3 is 1.61 bits per heavy atom. The van der Waals surface area contributed by atoms with Crippen molar-refractivity contribution < 1.29 is 24.2 Å². The third-order valence-corrected chi connectivity index (χ3v) is 6.75. The predicted molar refractivity (Wildman–Crippen MR) is 159 cm³/mol. The molecule has 0 spiro atoms. The van der Waals surface area contributed by atoms with Gasteiger partial charge in [-0.2, -0.15) is 0 Å². The van der Waals surface area contributed by atoms with E-state index in [4.69, 9.17) is 9.47 Å². The molecule has 0 aromatic carbocycles. The van der Waals surface area contributed by atoms with Crippen LogP contribution in [-0.2, 0) is 19.1 Å². The molecule has 0 radical (unpaired) electrons. The van der Waals surface area contributed by atoms with Crippen LogP contribution in [0.15, 0.2) is 24.3 Å². The van der Waals surface area contributed by atoms with E-state index >= 15 is 0 Å². The van der Waals surface area contributed by atoms with Gasteiger partial charge < -0.3 is 14.6 Å². The molecule has 1 N–H and O–H groups in total. The monoisotopic (exact) mass is 536 g/mol. The standard InChI is InChI=1S/C33H60O5/c1-3-5-7-9-11-12-13-14-15-16-17-18-19-20-22-24-26-28-33(36)38-31(29-34)30-37-32(35)27-25-23-21-10-8-6-4-2/h11-12,14-15,31,34H,3-10,13,16-30H2,1-2H3/b12-11-,15-14-. The summed E-state index contributed by atoms with van der Waals surface area (Å²) in [6, 6.07) is 0. The molecule has 1 atom stereocenters. The van der Waals surface area contributed by atoms with Crippen LogP contribution in [0.4, 0.5) is 0 Å². The van der Waals surface area contributed by atoms with E-state index in [1.165, 1.54) is 77.0 Å². The molecule has 5 heteroatoms. The number of allylic oxidation sites excluding steroid dienone is 4. The van der Waals surface area contributed by atoms with E-state index < -0.39 is 6.10 Å². The van der Waals surface area contributed by atoms with Gasteiger partial charge in [0.2, 0.25) is 0 Å². The zero-order valence-corrected chi connectivity index (χ0v) is 24.9. The Bertz CT molecular complexity index is 584. The van der Waals surface area contributed by atoms with Gasteiger partial charge in [-0.05, 0) is 44.9 Å². The van der Waals surface area contributed by atoms with Crippen molar-refractivity contribution in [1.82, 2.24) is 0 Å². The van der Waals surface area contributed by atoms with Crippen LogP contribution in [-0.4, -0.2) is 36.4 Å². The zero-order valence-electron chi connectivity index (χ0n) is 24.9. The molecular weight excluding hydrogens is 476 g/mol. The molecule has 0 aromatic rings. The number of carbonyl (C=O) groups excluding carboxylic acids is 2. The van der Waals surface area contributed by atoms with Gasteiger partial charge in [-0.1, -0.05) is 122 Å². The first-order valence-corrected chi connectivity index (χ1v) is 15.9. The highest BCUT2D eigenvalue weighted by Crippen LogP contribution is 2.12. The van der Waals surface area contributed by atoms with Crippen molar-refractivity contribution in [3.63, 3.8) is 0 Å². The summed E-state index contributed by atoms with van der Waals surface area (Å²) < 4.78 is 10.5. The topological polar surface area (TPSA) is 72.8 Å². The number of hydrogen-bond acceptors (Lipinski definition) is 5. The SMILES string of the molecule is CCCCC/C=C\C/C=C\CCCCCCCCCC(=O)OC(CO)COC(=O)CCCCCCCCC. The number of carbonyl (C=O) groups is 2. The van der Waals surface area contributed by atoms with Gasteiger partial charge in [0, 0.05) is 12.8 Å². The molecule has 0 aromatic heterocycles. The average Bonchev–Trinajstić information content (AvgIpc) is 2.92. The summed E-state index contributed by atoms with van der Waals surface area (Å²) in [6.45, 7) is 4.04. The second kappa shape index (κ2) is 29.9. The molecule has 0 fully saturated rings. The van der Waals surface area contributed by atoms with Crippen LogP contribution >= 0.6 is 0 Å². The van der Waals surface area contributed by atoms with Crippen molar-refractivity contribution in [2.75, 3.05) is 13.2 Å². The van der Waals surface area contributed by atoms with Crippen LogP contribution in [0.1, 0.15) is 155 Å². The van der Waals surface area contributed by atoms with Crippen molar-refractivity contribution >= 4 is 11.9 Å². The molecule has 0 saturated carbocycles. The first-order chi connectivity index (χ1) is 18.6. The largest absolute Gasteiger partial charge is 0.462 e. The third-order valence-electron chi connectivity index (χ3n) is 6.75. The lowest BCUT2D eigenvalue weighted by molar-refractivity contribution is -0.161. The molecule has 1 unspecified atom stereocenters. The molecule has 0 saturated heterocycles. The second-order valence-electron chi connectivity index (χ2n) is 10.5. The van der Waals surface area contributed by atoms with E-state index in [2.05, 4.69) is 38.2 Å². The normalized spacial score (nSPS) is 12.4. The molecule has 0 bridgehead atoms. The lowest BCUT2D eigenvalue weighted by Crippen LogP contribution is -2.28. The summed E-state index contributed by atoms with van der Waals surface area (Å²) >= 11 is 0. The molecule has 0 heterocycles. The Morgan fingerprint density at radius 1 is 0.605 bits per heavy atom. The highest BCUT2D eigenvalue weighted by Gasteiger charge is 2.16. The maximum Gasteiger partial charge on any atom is 0.306 e. The van der Waals surface area contributed by atoms with Gasteiger partial charge in [0.05, 0.1) is 6.61 Å². The van der Waals surface area contributed by atoms with Crippen molar-refractivity contribution in [3.8, 4) is 0 Å². The van der Waals surface area contributed by atoms with Crippen molar-refractivity contribution in [2.24, 2.45) is 0 Å². The zero-order chi connectivity index (χ0) is 27.9. The smallest absolute Gasteiger partial charge is 0.306 e. The lowest BCUT2D eigenvalue weighted by Gasteiger charge is -2.15. The van der Waals surface area contributed by atoms with E-state index in [9.17, 15) is 14.7 Å². The number of hydrogen-bond donors (Lipinski definition) is 1. The fourth-order valence-corrected chi connectivity index (χ4v) is 4.29. The minimum Gasteiger partial charge on any atom is -0.462 e. The molecule has 38 heavy (non-hydrogen) atoms. The van der Waals surface area contributed by atoms with Gasteiger partial charge in [0.25, 0.3) is 0 Å². The molecule has 0 aliphatic carbocycles. The number of aliphatic hydroxyl groups is 1. The van der Waals surface area contributed by atoms with Crippen LogP contribution in [0, 0.1) is 0 Å². The summed E-state index contributed by atoms with van der Waals surface area (Å²) in [5.74, 6) is -0.607. The van der Waals surface area contributed by atoms with Gasteiger partial charge >= 0.3 is 11.9 Å². The van der Waals surface area contributed by atoms with Gasteiger partial charge in [-0.15, -0.1) is 0 Å². The highest BCUT2D eigenvalue weighted by atomic mass is 16.6. The molecule has 0 amide bonds. The summed E-state index contributed by atoms with van der Waals surface area (Å²) in [5, 5.41) is 9.45. The van der Waals surface area contributed by atoms with Gasteiger partial charge in [0.15, 0.2) is 6.10 Å². The fraction of sp³-hybridized carbons (Fsp3) is 0.818. The second-order valence-corrected chi connectivity index (χ2v) is 10.5. The first-order valence-electron chi connectivity index (χ1n) is 15.9. The molecule has 0 aliphatic rings. The Hall–Kier alpha value is -1.62. The highest BCUT2D eigenvalue weighted by molar-refractivity contribution is 5.70. The third kappa shape index (κ3) is 27.4. The van der Waals surface area contributed by atoms with Gasteiger partial charge in [-0.25, -0.2) is 0 Å². The average molecular weight is 537 g/mol. The van der Waals surface area contributed by atoms with Crippen LogP contribution < -0.4 is 0 Å². The van der Waals surface area contributed by atoms with Crippen molar-refractivity contribution in [2.45, 2.75) is 161 Å². The minimum absolute atomic E-state index is 0.0670. The molecule has 0 rings (SSSR count). The van der Waals surface area contributed by atoms with Gasteiger partial charge in [0.1, 0.15) is 6.61 Å².